The van der Waals surface area contributed by atoms with Crippen LogP contribution in [0.3, 0.4) is 0 Å². The highest BCUT2D eigenvalue weighted by atomic mass is 32.2. The van der Waals surface area contributed by atoms with Gasteiger partial charge in [0.2, 0.25) is 0 Å². The first-order valence-corrected chi connectivity index (χ1v) is 5.27. The van der Waals surface area contributed by atoms with Crippen LogP contribution in [0.15, 0.2) is 40.0 Å². The van der Waals surface area contributed by atoms with Gasteiger partial charge in [-0.2, -0.15) is 5.11 Å². The number of carbonyl (C=O) groups is 1. The summed E-state index contributed by atoms with van der Waals surface area (Å²) in [6, 6.07) is 9.16. The second-order valence-corrected chi connectivity index (χ2v) is 4.24. The molecule has 0 bridgehead atoms. The molecule has 0 saturated carbocycles. The van der Waals surface area contributed by atoms with E-state index in [-0.39, 0.29) is 11.0 Å². The predicted octanol–water partition coefficient (Wildman–Crippen LogP) is 2.80. The van der Waals surface area contributed by atoms with Crippen molar-refractivity contribution in [1.82, 2.24) is 0 Å². The van der Waals surface area contributed by atoms with Gasteiger partial charge in [-0.25, -0.2) is 0 Å². The molecule has 0 aromatic heterocycles. The minimum absolute atomic E-state index is 0.0855. The summed E-state index contributed by atoms with van der Waals surface area (Å²) in [5, 5.41) is 3.88. The Morgan fingerprint density at radius 1 is 1.29 bits per heavy atom. The molecule has 72 valence electrons. The third-order valence-corrected chi connectivity index (χ3v) is 2.89. The fourth-order valence-corrected chi connectivity index (χ4v) is 1.87. The van der Waals surface area contributed by atoms with Gasteiger partial charge in [0.15, 0.2) is 11.8 Å². The van der Waals surface area contributed by atoms with Crippen molar-refractivity contribution >= 4 is 17.7 Å². The van der Waals surface area contributed by atoms with Gasteiger partial charge in [-0.1, -0.05) is 30.3 Å². The lowest BCUT2D eigenvalue weighted by molar-refractivity contribution is -0.119. The zero-order chi connectivity index (χ0) is 9.97. The van der Waals surface area contributed by atoms with E-state index in [0.29, 0.717) is 0 Å². The maximum Gasteiger partial charge on any atom is 0.178 e. The molecule has 14 heavy (non-hydrogen) atoms. The van der Waals surface area contributed by atoms with Crippen molar-refractivity contribution in [2.75, 3.05) is 0 Å². The number of rotatable bonds is 1. The Kier molecular flexibility index (Phi) is 2.63. The fourth-order valence-electron chi connectivity index (χ4n) is 1.34. The Morgan fingerprint density at radius 2 is 2.00 bits per heavy atom. The number of benzene rings is 1. The van der Waals surface area contributed by atoms with E-state index >= 15 is 0 Å². The van der Waals surface area contributed by atoms with Crippen LogP contribution >= 0.6 is 11.9 Å². The highest BCUT2D eigenvalue weighted by Gasteiger charge is 2.28. The maximum atomic E-state index is 11.8. The van der Waals surface area contributed by atoms with E-state index in [2.05, 4.69) is 9.63 Å². The van der Waals surface area contributed by atoms with Crippen LogP contribution in [-0.2, 0) is 4.79 Å². The van der Waals surface area contributed by atoms with Crippen molar-refractivity contribution in [3.8, 4) is 0 Å². The summed E-state index contributed by atoms with van der Waals surface area (Å²) in [6.45, 7) is 1.86. The van der Waals surface area contributed by atoms with Gasteiger partial charge in [0.1, 0.15) is 0 Å². The molecule has 4 heteroatoms. The molecule has 1 aromatic rings. The molecule has 0 aliphatic carbocycles. The first-order valence-electron chi connectivity index (χ1n) is 4.43. The smallest absolute Gasteiger partial charge is 0.178 e. The summed E-state index contributed by atoms with van der Waals surface area (Å²) in [7, 11) is 0. The highest BCUT2D eigenvalue weighted by molar-refractivity contribution is 7.99. The van der Waals surface area contributed by atoms with Crippen LogP contribution in [0.2, 0.25) is 0 Å². The first-order chi connectivity index (χ1) is 6.79. The largest absolute Gasteiger partial charge is 0.295 e. The van der Waals surface area contributed by atoms with E-state index in [1.54, 1.807) is 0 Å². The molecule has 1 aliphatic rings. The fraction of sp³-hybridized carbons (Fsp3) is 0.300. The summed E-state index contributed by atoms with van der Waals surface area (Å²) in [5.41, 5.74) is 0.924. The number of nitrogens with zero attached hydrogens (tertiary/aromatic N) is 2. The molecular formula is C10H10N2OS. The van der Waals surface area contributed by atoms with Crippen LogP contribution in [0.5, 0.6) is 0 Å². The summed E-state index contributed by atoms with van der Waals surface area (Å²) in [6.07, 6.45) is 0. The molecule has 1 aliphatic heterocycles. The monoisotopic (exact) mass is 206 g/mol. The SMILES string of the molecule is CC1SN=NC(c2ccccc2)C1=O. The average molecular weight is 206 g/mol. The quantitative estimate of drug-likeness (QED) is 0.663. The van der Waals surface area contributed by atoms with Crippen molar-refractivity contribution in [2.45, 2.75) is 18.2 Å². The maximum absolute atomic E-state index is 11.8. The van der Waals surface area contributed by atoms with E-state index in [1.807, 2.05) is 37.3 Å². The van der Waals surface area contributed by atoms with E-state index in [9.17, 15) is 4.79 Å². The number of ketones is 1. The summed E-state index contributed by atoms with van der Waals surface area (Å²) in [5.74, 6) is 0.135. The molecule has 2 atom stereocenters. The predicted molar refractivity (Wildman–Crippen MR) is 56.1 cm³/mol. The van der Waals surface area contributed by atoms with E-state index < -0.39 is 6.04 Å². The van der Waals surface area contributed by atoms with Crippen molar-refractivity contribution in [3.05, 3.63) is 35.9 Å². The summed E-state index contributed by atoms with van der Waals surface area (Å²) in [4.78, 5) is 11.8. The molecule has 0 N–H and O–H groups in total. The number of hydrogen-bond donors (Lipinski definition) is 0. The third kappa shape index (κ3) is 1.70. The molecule has 0 radical (unpaired) electrons. The normalized spacial score (nSPS) is 26.5. The van der Waals surface area contributed by atoms with Gasteiger partial charge in [0.05, 0.1) is 5.25 Å². The zero-order valence-electron chi connectivity index (χ0n) is 7.75. The van der Waals surface area contributed by atoms with Gasteiger partial charge < -0.3 is 0 Å². The molecule has 1 heterocycles. The van der Waals surface area contributed by atoms with Gasteiger partial charge in [-0.3, -0.25) is 4.79 Å². The van der Waals surface area contributed by atoms with Gasteiger partial charge in [0, 0.05) is 11.9 Å². The van der Waals surface area contributed by atoms with Crippen molar-refractivity contribution in [3.63, 3.8) is 0 Å². The molecule has 3 nitrogen and oxygen atoms in total. The van der Waals surface area contributed by atoms with Gasteiger partial charge >= 0.3 is 0 Å². The molecule has 0 saturated heterocycles. The molecule has 0 amide bonds. The van der Waals surface area contributed by atoms with Crippen LogP contribution in [0.1, 0.15) is 18.5 Å². The van der Waals surface area contributed by atoms with Crippen LogP contribution in [0, 0.1) is 0 Å². The van der Waals surface area contributed by atoms with Gasteiger partial charge in [-0.05, 0) is 12.5 Å². The lowest BCUT2D eigenvalue weighted by atomic mass is 10.0. The van der Waals surface area contributed by atoms with E-state index in [1.165, 1.54) is 11.9 Å². The van der Waals surface area contributed by atoms with Crippen molar-refractivity contribution in [1.29, 1.82) is 0 Å². The number of Topliss-reactive ketones (excluding diaryl/α,β-unsaturated/α-hetero) is 1. The van der Waals surface area contributed by atoms with Gasteiger partial charge in [-0.15, -0.1) is 4.52 Å². The Hall–Kier alpha value is -1.16. The van der Waals surface area contributed by atoms with Crippen LogP contribution in [0.4, 0.5) is 0 Å². The first kappa shape index (κ1) is 9.40. The third-order valence-electron chi connectivity index (χ3n) is 2.15. The zero-order valence-corrected chi connectivity index (χ0v) is 8.57. The second kappa shape index (κ2) is 3.92. The summed E-state index contributed by atoms with van der Waals surface area (Å²) >= 11 is 1.23. The number of hydrogen-bond acceptors (Lipinski definition) is 4. The molecule has 0 fully saturated rings. The van der Waals surface area contributed by atoms with E-state index in [4.69, 9.17) is 0 Å². The minimum Gasteiger partial charge on any atom is -0.295 e. The molecule has 2 unspecified atom stereocenters. The standard InChI is InChI=1S/C10H10N2OS/c1-7-10(13)9(11-12-14-7)8-5-3-2-4-6-8/h2-7,9H,1H3. The molecular weight excluding hydrogens is 196 g/mol. The van der Waals surface area contributed by atoms with Gasteiger partial charge in [0.25, 0.3) is 0 Å². The molecule has 1 aromatic carbocycles. The summed E-state index contributed by atoms with van der Waals surface area (Å²) < 4.78 is 3.89. The number of carbonyl (C=O) groups excluding carboxylic acids is 1. The Balaban J connectivity index is 2.31. The van der Waals surface area contributed by atoms with Crippen LogP contribution in [0.25, 0.3) is 0 Å². The second-order valence-electron chi connectivity index (χ2n) is 3.16. The lowest BCUT2D eigenvalue weighted by Gasteiger charge is -2.17. The Labute approximate surface area is 86.8 Å². The van der Waals surface area contributed by atoms with Crippen molar-refractivity contribution < 1.29 is 4.79 Å². The Morgan fingerprint density at radius 3 is 2.71 bits per heavy atom. The van der Waals surface area contributed by atoms with Crippen LogP contribution in [-0.4, -0.2) is 11.0 Å². The highest BCUT2D eigenvalue weighted by Crippen LogP contribution is 2.30. The van der Waals surface area contributed by atoms with Crippen molar-refractivity contribution in [2.24, 2.45) is 9.63 Å². The van der Waals surface area contributed by atoms with E-state index in [0.717, 1.165) is 5.56 Å². The molecule has 0 spiro atoms. The Bertz CT molecular complexity index is 364. The topological polar surface area (TPSA) is 41.8 Å². The van der Waals surface area contributed by atoms with Crippen LogP contribution < -0.4 is 0 Å². The average Bonchev–Trinajstić information content (AvgIpc) is 2.23. The lowest BCUT2D eigenvalue weighted by Crippen LogP contribution is -2.22. The minimum atomic E-state index is -0.396. The molecule has 2 rings (SSSR count).